The summed E-state index contributed by atoms with van der Waals surface area (Å²) in [4.78, 5) is 28.7. The van der Waals surface area contributed by atoms with Crippen LogP contribution in [0.25, 0.3) is 4.96 Å². The quantitative estimate of drug-likeness (QED) is 0.677. The number of halogens is 1. The van der Waals surface area contributed by atoms with Gasteiger partial charge < -0.3 is 4.74 Å². The van der Waals surface area contributed by atoms with Crippen LogP contribution in [0.3, 0.4) is 0 Å². The van der Waals surface area contributed by atoms with E-state index in [4.69, 9.17) is 16.3 Å². The van der Waals surface area contributed by atoms with Crippen molar-refractivity contribution in [1.82, 2.24) is 14.6 Å². The van der Waals surface area contributed by atoms with E-state index in [1.807, 2.05) is 6.92 Å². The third kappa shape index (κ3) is 3.40. The van der Waals surface area contributed by atoms with E-state index in [0.29, 0.717) is 21.2 Å². The maximum absolute atomic E-state index is 12.0. The average Bonchev–Trinajstić information content (AvgIpc) is 2.97. The monoisotopic (exact) mass is 349 g/mol. The Morgan fingerprint density at radius 3 is 2.78 bits per heavy atom. The standard InChI is InChI=1S/C15H12ClN3O3S/c1-2-12-18-19-13(20)7-11(17-15(19)23-12)8-22-14(21)9-3-5-10(16)6-4-9/h3-7H,2,8H2,1H3. The molecule has 2 heterocycles. The zero-order valence-corrected chi connectivity index (χ0v) is 13.7. The molecule has 118 valence electrons. The summed E-state index contributed by atoms with van der Waals surface area (Å²) in [5.41, 5.74) is 0.491. The Balaban J connectivity index is 1.77. The van der Waals surface area contributed by atoms with Crippen molar-refractivity contribution in [3.63, 3.8) is 0 Å². The van der Waals surface area contributed by atoms with Gasteiger partial charge in [0.2, 0.25) is 4.96 Å². The number of esters is 1. The maximum Gasteiger partial charge on any atom is 0.338 e. The molecule has 0 N–H and O–H groups in total. The summed E-state index contributed by atoms with van der Waals surface area (Å²) in [5.74, 6) is -0.498. The Hall–Kier alpha value is -2.25. The molecule has 0 saturated carbocycles. The van der Waals surface area contributed by atoms with Crippen LogP contribution in [0.1, 0.15) is 28.0 Å². The minimum Gasteiger partial charge on any atom is -0.456 e. The summed E-state index contributed by atoms with van der Waals surface area (Å²) in [6.07, 6.45) is 0.731. The zero-order valence-electron chi connectivity index (χ0n) is 12.2. The molecule has 0 aliphatic heterocycles. The Labute approximate surface area is 140 Å². The first kappa shape index (κ1) is 15.6. The lowest BCUT2D eigenvalue weighted by Gasteiger charge is -2.04. The Kier molecular flexibility index (Phi) is 4.40. The van der Waals surface area contributed by atoms with Gasteiger partial charge in [-0.25, -0.2) is 9.78 Å². The average molecular weight is 350 g/mol. The molecule has 1 aromatic carbocycles. The molecule has 0 aliphatic rings. The van der Waals surface area contributed by atoms with Crippen LogP contribution in [0.5, 0.6) is 0 Å². The van der Waals surface area contributed by atoms with Crippen LogP contribution in [0.4, 0.5) is 0 Å². The highest BCUT2D eigenvalue weighted by atomic mass is 35.5. The van der Waals surface area contributed by atoms with E-state index in [0.717, 1.165) is 11.4 Å². The van der Waals surface area contributed by atoms with E-state index < -0.39 is 5.97 Å². The number of benzene rings is 1. The second kappa shape index (κ2) is 6.47. The van der Waals surface area contributed by atoms with Crippen molar-refractivity contribution in [3.05, 3.63) is 62.0 Å². The number of aryl methyl sites for hydroxylation is 1. The molecule has 0 atom stereocenters. The molecule has 6 nitrogen and oxygen atoms in total. The first-order valence-corrected chi connectivity index (χ1v) is 8.07. The highest BCUT2D eigenvalue weighted by Crippen LogP contribution is 2.13. The fourth-order valence-electron chi connectivity index (χ4n) is 1.92. The first-order chi connectivity index (χ1) is 11.1. The molecule has 0 fully saturated rings. The van der Waals surface area contributed by atoms with E-state index in [9.17, 15) is 9.59 Å². The van der Waals surface area contributed by atoms with Crippen LogP contribution in [-0.4, -0.2) is 20.6 Å². The second-order valence-electron chi connectivity index (χ2n) is 4.71. The van der Waals surface area contributed by atoms with Gasteiger partial charge in [-0.15, -0.1) is 0 Å². The number of ether oxygens (including phenoxy) is 1. The van der Waals surface area contributed by atoms with Crippen molar-refractivity contribution in [2.75, 3.05) is 0 Å². The van der Waals surface area contributed by atoms with Crippen molar-refractivity contribution in [2.45, 2.75) is 20.0 Å². The van der Waals surface area contributed by atoms with E-state index >= 15 is 0 Å². The van der Waals surface area contributed by atoms with Gasteiger partial charge in [-0.3, -0.25) is 4.79 Å². The number of hydrogen-bond donors (Lipinski definition) is 0. The van der Waals surface area contributed by atoms with Crippen LogP contribution >= 0.6 is 22.9 Å². The van der Waals surface area contributed by atoms with Gasteiger partial charge in [0.25, 0.3) is 5.56 Å². The first-order valence-electron chi connectivity index (χ1n) is 6.88. The van der Waals surface area contributed by atoms with Crippen molar-refractivity contribution in [3.8, 4) is 0 Å². The molecule has 2 aromatic heterocycles. The molecule has 8 heteroatoms. The molecule has 0 saturated heterocycles. The van der Waals surface area contributed by atoms with Crippen LogP contribution in [0.15, 0.2) is 35.1 Å². The number of aromatic nitrogens is 3. The minimum atomic E-state index is -0.498. The number of rotatable bonds is 4. The zero-order chi connectivity index (χ0) is 16.4. The molecule has 0 bridgehead atoms. The summed E-state index contributed by atoms with van der Waals surface area (Å²) < 4.78 is 6.44. The Bertz CT molecular complexity index is 918. The van der Waals surface area contributed by atoms with Crippen molar-refractivity contribution < 1.29 is 9.53 Å². The summed E-state index contributed by atoms with van der Waals surface area (Å²) in [7, 11) is 0. The lowest BCUT2D eigenvalue weighted by atomic mass is 10.2. The highest BCUT2D eigenvalue weighted by molar-refractivity contribution is 7.16. The van der Waals surface area contributed by atoms with Gasteiger partial charge in [0, 0.05) is 11.1 Å². The molecule has 0 spiro atoms. The molecule has 0 aliphatic carbocycles. The van der Waals surface area contributed by atoms with Crippen LogP contribution < -0.4 is 5.56 Å². The summed E-state index contributed by atoms with van der Waals surface area (Å²) in [6.45, 7) is 1.88. The van der Waals surface area contributed by atoms with Gasteiger partial charge in [0.1, 0.15) is 11.6 Å². The van der Waals surface area contributed by atoms with Crippen molar-refractivity contribution in [2.24, 2.45) is 0 Å². The SMILES string of the molecule is CCc1nn2c(=O)cc(COC(=O)c3ccc(Cl)cc3)nc2s1. The molecular formula is C15H12ClN3O3S. The third-order valence-corrected chi connectivity index (χ3v) is 4.38. The topological polar surface area (TPSA) is 73.6 Å². The molecule has 0 unspecified atom stereocenters. The van der Waals surface area contributed by atoms with Crippen LogP contribution in [0, 0.1) is 0 Å². The van der Waals surface area contributed by atoms with Crippen molar-refractivity contribution in [1.29, 1.82) is 0 Å². The van der Waals surface area contributed by atoms with Gasteiger partial charge in [-0.2, -0.15) is 9.61 Å². The predicted octanol–water partition coefficient (Wildman–Crippen LogP) is 2.72. The highest BCUT2D eigenvalue weighted by Gasteiger charge is 2.11. The smallest absolute Gasteiger partial charge is 0.338 e. The summed E-state index contributed by atoms with van der Waals surface area (Å²) >= 11 is 7.12. The van der Waals surface area contributed by atoms with Gasteiger partial charge in [-0.05, 0) is 30.7 Å². The lowest BCUT2D eigenvalue weighted by molar-refractivity contribution is 0.0468. The minimum absolute atomic E-state index is 0.0768. The molecular weight excluding hydrogens is 338 g/mol. The number of carbonyl (C=O) groups is 1. The van der Waals surface area contributed by atoms with Gasteiger partial charge >= 0.3 is 5.97 Å². The van der Waals surface area contributed by atoms with E-state index in [-0.39, 0.29) is 12.2 Å². The number of carbonyl (C=O) groups excluding carboxylic acids is 1. The lowest BCUT2D eigenvalue weighted by Crippen LogP contribution is -2.16. The Morgan fingerprint density at radius 2 is 2.09 bits per heavy atom. The van der Waals surface area contributed by atoms with Crippen LogP contribution in [0.2, 0.25) is 5.02 Å². The number of hydrogen-bond acceptors (Lipinski definition) is 6. The fraction of sp³-hybridized carbons (Fsp3) is 0.200. The van der Waals surface area contributed by atoms with E-state index in [1.165, 1.54) is 21.9 Å². The summed E-state index contributed by atoms with van der Waals surface area (Å²) in [6, 6.07) is 7.69. The third-order valence-electron chi connectivity index (χ3n) is 3.07. The largest absolute Gasteiger partial charge is 0.456 e. The molecule has 0 amide bonds. The van der Waals surface area contributed by atoms with Gasteiger partial charge in [0.15, 0.2) is 0 Å². The fourth-order valence-corrected chi connectivity index (χ4v) is 2.91. The second-order valence-corrected chi connectivity index (χ2v) is 6.19. The molecule has 23 heavy (non-hydrogen) atoms. The number of fused-ring (bicyclic) bond motifs is 1. The molecule has 0 radical (unpaired) electrons. The van der Waals surface area contributed by atoms with Gasteiger partial charge in [0.05, 0.1) is 11.3 Å². The summed E-state index contributed by atoms with van der Waals surface area (Å²) in [5, 5.41) is 5.53. The van der Waals surface area contributed by atoms with Crippen LogP contribution in [-0.2, 0) is 17.8 Å². The van der Waals surface area contributed by atoms with E-state index in [1.54, 1.807) is 24.3 Å². The van der Waals surface area contributed by atoms with Crippen molar-refractivity contribution >= 4 is 33.9 Å². The predicted molar refractivity (Wildman–Crippen MR) is 87.1 cm³/mol. The molecule has 3 rings (SSSR count). The maximum atomic E-state index is 12.0. The normalized spacial score (nSPS) is 10.9. The Morgan fingerprint density at radius 1 is 1.35 bits per heavy atom. The van der Waals surface area contributed by atoms with E-state index in [2.05, 4.69) is 10.1 Å². The van der Waals surface area contributed by atoms with Gasteiger partial charge in [-0.1, -0.05) is 29.9 Å². The molecule has 3 aromatic rings. The number of nitrogens with zero attached hydrogens (tertiary/aromatic N) is 3.